The van der Waals surface area contributed by atoms with Gasteiger partial charge in [0.1, 0.15) is 17.2 Å². The molecule has 3 aromatic rings. The normalized spacial score (nSPS) is 26.8. The van der Waals surface area contributed by atoms with Crippen molar-refractivity contribution in [1.82, 2.24) is 30.5 Å². The third-order valence-electron chi connectivity index (χ3n) is 12.4. The molecule has 58 heavy (non-hydrogen) atoms. The monoisotopic (exact) mass is 789 g/mol. The number of nitrogens with one attached hydrogen (secondary N) is 2. The van der Waals surface area contributed by atoms with Crippen LogP contribution in [0.3, 0.4) is 0 Å². The van der Waals surface area contributed by atoms with Crippen LogP contribution in [0.2, 0.25) is 0 Å². The molecule has 1 aliphatic carbocycles. The minimum absolute atomic E-state index is 0.188. The van der Waals surface area contributed by atoms with E-state index in [9.17, 15) is 0 Å². The lowest BCUT2D eigenvalue weighted by atomic mass is 9.89. The van der Waals surface area contributed by atoms with Gasteiger partial charge in [-0.1, -0.05) is 36.5 Å². The predicted octanol–water partition coefficient (Wildman–Crippen LogP) is 9.56. The van der Waals surface area contributed by atoms with E-state index in [2.05, 4.69) is 85.1 Å². The molecule has 0 aromatic carbocycles. The van der Waals surface area contributed by atoms with Crippen LogP contribution in [0.25, 0.3) is 18.2 Å². The summed E-state index contributed by atoms with van der Waals surface area (Å²) < 4.78 is 17.0. The minimum atomic E-state index is 0.188. The van der Waals surface area contributed by atoms with Crippen LogP contribution in [0.15, 0.2) is 73.6 Å². The molecule has 9 nitrogen and oxygen atoms in total. The van der Waals surface area contributed by atoms with Crippen molar-refractivity contribution in [1.29, 1.82) is 0 Å². The highest BCUT2D eigenvalue weighted by molar-refractivity contribution is 5.53. The first-order valence-electron chi connectivity index (χ1n) is 22.3. The molecule has 1 saturated carbocycles. The smallest absolute Gasteiger partial charge is 0.138 e. The topological polar surface area (TPSA) is 93.7 Å². The van der Waals surface area contributed by atoms with Crippen molar-refractivity contribution in [2.45, 2.75) is 154 Å². The van der Waals surface area contributed by atoms with Crippen molar-refractivity contribution in [3.05, 3.63) is 90.3 Å². The Morgan fingerprint density at radius 3 is 1.60 bits per heavy atom. The van der Waals surface area contributed by atoms with Crippen LogP contribution >= 0.6 is 0 Å². The number of hydrogen-bond acceptors (Lipinski definition) is 9. The van der Waals surface area contributed by atoms with Gasteiger partial charge < -0.3 is 24.8 Å². The molecule has 9 rings (SSSR count). The number of rotatable bonds is 12. The van der Waals surface area contributed by atoms with Crippen LogP contribution in [0.1, 0.15) is 122 Å². The molecule has 2 N–H and O–H groups in total. The number of nitrogens with zero attached hydrogens (tertiary/aromatic N) is 4. The van der Waals surface area contributed by atoms with E-state index in [1.807, 2.05) is 60.1 Å². The van der Waals surface area contributed by atoms with Crippen LogP contribution in [-0.2, 0) is 0 Å². The zero-order valence-electron chi connectivity index (χ0n) is 35.9. The van der Waals surface area contributed by atoms with Gasteiger partial charge in [-0.2, -0.15) is 0 Å². The van der Waals surface area contributed by atoms with Gasteiger partial charge in [-0.3, -0.25) is 19.9 Å². The molecule has 0 amide bonds. The maximum Gasteiger partial charge on any atom is 0.138 e. The second-order valence-corrected chi connectivity index (χ2v) is 18.1. The quantitative estimate of drug-likeness (QED) is 0.186. The van der Waals surface area contributed by atoms with Gasteiger partial charge in [-0.25, -0.2) is 0 Å². The molecule has 0 spiro atoms. The van der Waals surface area contributed by atoms with E-state index in [1.165, 1.54) is 77.3 Å². The highest BCUT2D eigenvalue weighted by Crippen LogP contribution is 2.40. The van der Waals surface area contributed by atoms with Gasteiger partial charge in [0.15, 0.2) is 0 Å². The highest BCUT2D eigenvalue weighted by Gasteiger charge is 2.42. The summed E-state index contributed by atoms with van der Waals surface area (Å²) in [5.74, 6) is 4.08. The first-order chi connectivity index (χ1) is 28.1. The van der Waals surface area contributed by atoms with Crippen LogP contribution in [0.4, 0.5) is 0 Å². The fourth-order valence-electron chi connectivity index (χ4n) is 9.91. The molecule has 6 atom stereocenters. The van der Waals surface area contributed by atoms with E-state index in [0.29, 0.717) is 23.5 Å². The van der Waals surface area contributed by atoms with E-state index in [0.717, 1.165) is 51.9 Å². The van der Waals surface area contributed by atoms with Gasteiger partial charge in [0.2, 0.25) is 0 Å². The molecule has 8 heterocycles. The predicted molar refractivity (Wildman–Crippen MR) is 236 cm³/mol. The van der Waals surface area contributed by atoms with E-state index in [1.54, 1.807) is 18.6 Å². The average molecular weight is 789 g/mol. The maximum absolute atomic E-state index is 5.70. The number of fused-ring (bicyclic) bond motifs is 5. The summed E-state index contributed by atoms with van der Waals surface area (Å²) in [7, 11) is 0. The zero-order valence-corrected chi connectivity index (χ0v) is 35.9. The Morgan fingerprint density at radius 2 is 1.14 bits per heavy atom. The molecular weight excluding hydrogens is 721 g/mol. The second-order valence-electron chi connectivity index (χ2n) is 18.1. The van der Waals surface area contributed by atoms with Gasteiger partial charge in [0.25, 0.3) is 0 Å². The van der Waals surface area contributed by atoms with Crippen LogP contribution in [0.5, 0.6) is 17.2 Å². The Hall–Kier alpha value is -4.05. The molecule has 5 aliphatic heterocycles. The van der Waals surface area contributed by atoms with E-state index in [4.69, 9.17) is 14.2 Å². The third-order valence-corrected chi connectivity index (χ3v) is 12.4. The van der Waals surface area contributed by atoms with Crippen molar-refractivity contribution in [2.75, 3.05) is 13.1 Å². The Labute approximate surface area is 348 Å². The summed E-state index contributed by atoms with van der Waals surface area (Å²) >= 11 is 0. The van der Waals surface area contributed by atoms with Crippen molar-refractivity contribution < 1.29 is 14.2 Å². The summed E-state index contributed by atoms with van der Waals surface area (Å²) in [6.07, 6.45) is 38.5. The summed E-state index contributed by atoms with van der Waals surface area (Å²) in [6.45, 7) is 14.7. The van der Waals surface area contributed by atoms with Crippen molar-refractivity contribution >= 4 is 18.2 Å². The largest absolute Gasteiger partial charge is 0.489 e. The molecule has 0 radical (unpaired) electrons. The number of pyridine rings is 3. The summed E-state index contributed by atoms with van der Waals surface area (Å²) in [4.78, 5) is 15.4. The number of piperidine rings is 1. The summed E-state index contributed by atoms with van der Waals surface area (Å²) in [6, 6.07) is 8.95. The molecule has 3 aromatic heterocycles. The van der Waals surface area contributed by atoms with Crippen molar-refractivity contribution in [2.24, 2.45) is 11.8 Å². The van der Waals surface area contributed by atoms with Crippen molar-refractivity contribution in [3.63, 3.8) is 0 Å². The van der Waals surface area contributed by atoms with Crippen LogP contribution < -0.4 is 24.8 Å². The third kappa shape index (κ3) is 11.6. The molecule has 6 aliphatic rings. The fourth-order valence-corrected chi connectivity index (χ4v) is 9.91. The summed E-state index contributed by atoms with van der Waals surface area (Å²) in [5, 5.41) is 7.33. The lowest BCUT2D eigenvalue weighted by Gasteiger charge is -2.28. The fraction of sp³-hybridized carbons (Fsp3) is 0.571. The van der Waals surface area contributed by atoms with Crippen LogP contribution in [-0.4, -0.2) is 81.0 Å². The highest BCUT2D eigenvalue weighted by atomic mass is 16.5. The SMILES string of the molecule is CC(C)Oc1cncc(C=CC23CCCN2CCC3)c1.CC(C)Oc1cncc(C=CC2CC3CCC2N3)c1.CC(C)Oc1cncc(C=CC2NC3CCC2C3)c1. The van der Waals surface area contributed by atoms with E-state index >= 15 is 0 Å². The average Bonchev–Trinajstić information content (AvgIpc) is 4.06. The molecule has 6 fully saturated rings. The minimum Gasteiger partial charge on any atom is -0.489 e. The van der Waals surface area contributed by atoms with Gasteiger partial charge in [0, 0.05) is 48.3 Å². The maximum atomic E-state index is 5.70. The Bertz CT molecular complexity index is 1760. The zero-order chi connectivity index (χ0) is 40.5. The standard InChI is InChI=1S/C17H24N2O.2C16H22N2O/c1-14(2)20-16-11-15(12-18-13-16)5-8-17-6-3-9-19(17)10-4-7-17;1-11(2)19-15-7-12(9-17-10-15)3-6-16-13-4-5-14(8-13)18-16;1-11(2)19-15-7-12(9-17-10-15)3-4-13-8-14-5-6-16(13)18-14/h5,8,11-14H,3-4,6-7,9-10H2,1-2H3;3,6-7,9-11,13-14,16,18H,4-5,8H2,1-2H3;3-4,7,9-11,13-14,16,18H,5-6,8H2,1-2H3. The Kier molecular flexibility index (Phi) is 14.4. The van der Waals surface area contributed by atoms with Crippen LogP contribution in [0, 0.1) is 11.8 Å². The molecule has 5 saturated heterocycles. The second kappa shape index (κ2) is 19.8. The lowest BCUT2D eigenvalue weighted by Crippen LogP contribution is -2.35. The Morgan fingerprint density at radius 1 is 0.621 bits per heavy atom. The Balaban J connectivity index is 0.000000132. The molecule has 9 heteroatoms. The molecule has 6 unspecified atom stereocenters. The van der Waals surface area contributed by atoms with Gasteiger partial charge in [-0.15, -0.1) is 0 Å². The molecular formula is C49H68N6O3. The van der Waals surface area contributed by atoms with Gasteiger partial charge in [0.05, 0.1) is 36.9 Å². The van der Waals surface area contributed by atoms with Crippen molar-refractivity contribution in [3.8, 4) is 17.2 Å². The number of ether oxygens (including phenoxy) is 3. The molecule has 4 bridgehead atoms. The van der Waals surface area contributed by atoms with Gasteiger partial charge in [-0.05, 0) is 166 Å². The first-order valence-corrected chi connectivity index (χ1v) is 22.3. The number of aromatic nitrogens is 3. The van der Waals surface area contributed by atoms with Gasteiger partial charge >= 0.3 is 0 Å². The molecule has 312 valence electrons. The lowest BCUT2D eigenvalue weighted by molar-refractivity contribution is 0.241. The van der Waals surface area contributed by atoms with E-state index in [-0.39, 0.29) is 18.3 Å². The first kappa shape index (κ1) is 42.1. The number of hydrogen-bond donors (Lipinski definition) is 2. The van der Waals surface area contributed by atoms with E-state index < -0.39 is 0 Å². The summed E-state index contributed by atoms with van der Waals surface area (Å²) in [5.41, 5.74) is 3.70.